The van der Waals surface area contributed by atoms with E-state index < -0.39 is 0 Å². The molecular formula is C21H23N3O2S. The van der Waals surface area contributed by atoms with Crippen molar-refractivity contribution in [3.05, 3.63) is 65.7 Å². The Labute approximate surface area is 164 Å². The largest absolute Gasteiger partial charge is 0.497 e. The summed E-state index contributed by atoms with van der Waals surface area (Å²) in [4.78, 5) is 14.5. The highest BCUT2D eigenvalue weighted by atomic mass is 32.2. The van der Waals surface area contributed by atoms with Gasteiger partial charge < -0.3 is 4.74 Å². The van der Waals surface area contributed by atoms with Crippen molar-refractivity contribution in [2.75, 3.05) is 7.11 Å². The molecule has 1 heterocycles. The Morgan fingerprint density at radius 3 is 2.56 bits per heavy atom. The molecule has 0 aromatic heterocycles. The third-order valence-corrected chi connectivity index (χ3v) is 5.46. The van der Waals surface area contributed by atoms with Crippen LogP contribution in [-0.2, 0) is 11.3 Å². The molecule has 1 aliphatic rings. The smallest absolute Gasteiger partial charge is 0.242 e. The minimum absolute atomic E-state index is 0.0753. The number of carbonyl (C=O) groups is 1. The van der Waals surface area contributed by atoms with Crippen LogP contribution in [0, 0.1) is 0 Å². The van der Waals surface area contributed by atoms with Crippen molar-refractivity contribution >= 4 is 29.1 Å². The zero-order valence-corrected chi connectivity index (χ0v) is 16.4. The van der Waals surface area contributed by atoms with Crippen LogP contribution < -0.4 is 4.74 Å². The van der Waals surface area contributed by atoms with Crippen molar-refractivity contribution in [1.29, 1.82) is 0 Å². The standard InChI is InChI=1S/C21H23N3O2S/c1-3-7-19-20(25)24(15-17-8-5-4-6-9-17)21(27-19)23-22-14-16-10-12-18(26-2)13-11-16/h4-6,8-14,19H,3,7,15H2,1-2H3/b22-14-,23-21+/t19-/m1/s1. The summed E-state index contributed by atoms with van der Waals surface area (Å²) in [5, 5.41) is 9.14. The van der Waals surface area contributed by atoms with Gasteiger partial charge in [-0.3, -0.25) is 9.69 Å². The number of amides is 1. The van der Waals surface area contributed by atoms with Crippen LogP contribution in [0.2, 0.25) is 0 Å². The van der Waals surface area contributed by atoms with E-state index >= 15 is 0 Å². The molecule has 5 nitrogen and oxygen atoms in total. The lowest BCUT2D eigenvalue weighted by atomic mass is 10.2. The van der Waals surface area contributed by atoms with Crippen LogP contribution in [-0.4, -0.2) is 34.5 Å². The van der Waals surface area contributed by atoms with E-state index in [2.05, 4.69) is 17.1 Å². The molecule has 0 bridgehead atoms. The number of nitrogens with zero attached hydrogens (tertiary/aromatic N) is 3. The molecule has 6 heteroatoms. The van der Waals surface area contributed by atoms with E-state index in [1.165, 1.54) is 11.8 Å². The van der Waals surface area contributed by atoms with E-state index in [0.717, 1.165) is 29.7 Å². The van der Waals surface area contributed by atoms with Crippen molar-refractivity contribution in [3.63, 3.8) is 0 Å². The van der Waals surface area contributed by atoms with Gasteiger partial charge in [0, 0.05) is 0 Å². The van der Waals surface area contributed by atoms with Gasteiger partial charge in [0.1, 0.15) is 5.75 Å². The molecule has 0 N–H and O–H groups in total. The first kappa shape index (κ1) is 19.2. The maximum atomic E-state index is 12.8. The predicted molar refractivity (Wildman–Crippen MR) is 111 cm³/mol. The van der Waals surface area contributed by atoms with Gasteiger partial charge in [-0.05, 0) is 41.8 Å². The van der Waals surface area contributed by atoms with E-state index in [1.807, 2.05) is 54.6 Å². The summed E-state index contributed by atoms with van der Waals surface area (Å²) in [5.74, 6) is 0.913. The van der Waals surface area contributed by atoms with Crippen molar-refractivity contribution < 1.29 is 9.53 Å². The SMILES string of the molecule is CCC[C@H]1S/C(=N/N=C\c2ccc(OC)cc2)N(Cc2ccccc2)C1=O. The average Bonchev–Trinajstić information content (AvgIpc) is 2.99. The Hall–Kier alpha value is -2.60. The zero-order valence-electron chi connectivity index (χ0n) is 15.5. The zero-order chi connectivity index (χ0) is 19.1. The fourth-order valence-electron chi connectivity index (χ4n) is 2.78. The number of ether oxygens (including phenoxy) is 1. The molecule has 2 aromatic rings. The molecule has 27 heavy (non-hydrogen) atoms. The first-order chi connectivity index (χ1) is 13.2. The lowest BCUT2D eigenvalue weighted by molar-refractivity contribution is -0.126. The Morgan fingerprint density at radius 1 is 1.15 bits per heavy atom. The summed E-state index contributed by atoms with van der Waals surface area (Å²) in [5.41, 5.74) is 2.00. The molecule has 0 spiro atoms. The summed E-state index contributed by atoms with van der Waals surface area (Å²) in [7, 11) is 1.64. The van der Waals surface area contributed by atoms with Gasteiger partial charge >= 0.3 is 0 Å². The fourth-order valence-corrected chi connectivity index (χ4v) is 3.99. The first-order valence-corrected chi connectivity index (χ1v) is 9.86. The second kappa shape index (κ2) is 9.37. The summed E-state index contributed by atoms with van der Waals surface area (Å²) in [6.45, 7) is 2.61. The van der Waals surface area contributed by atoms with Crippen LogP contribution in [0.1, 0.15) is 30.9 Å². The summed E-state index contributed by atoms with van der Waals surface area (Å²) in [6.07, 6.45) is 3.49. The van der Waals surface area contributed by atoms with Gasteiger partial charge in [-0.1, -0.05) is 55.4 Å². The molecule has 1 fully saturated rings. The van der Waals surface area contributed by atoms with Crippen LogP contribution in [0.3, 0.4) is 0 Å². The second-order valence-corrected chi connectivity index (χ2v) is 7.38. The quantitative estimate of drug-likeness (QED) is 0.530. The number of methoxy groups -OCH3 is 1. The monoisotopic (exact) mass is 381 g/mol. The summed E-state index contributed by atoms with van der Waals surface area (Å²) in [6, 6.07) is 17.5. The third-order valence-electron chi connectivity index (χ3n) is 4.22. The van der Waals surface area contributed by atoms with Crippen LogP contribution in [0.25, 0.3) is 0 Å². The molecule has 1 atom stereocenters. The van der Waals surface area contributed by atoms with Gasteiger partial charge in [0.2, 0.25) is 5.91 Å². The molecule has 0 aliphatic carbocycles. The lowest BCUT2D eigenvalue weighted by Gasteiger charge is -2.15. The van der Waals surface area contributed by atoms with Gasteiger partial charge in [0.25, 0.3) is 0 Å². The number of amidine groups is 1. The normalized spacial score (nSPS) is 18.6. The van der Waals surface area contributed by atoms with Crippen molar-refractivity contribution in [1.82, 2.24) is 4.90 Å². The van der Waals surface area contributed by atoms with Gasteiger partial charge in [-0.25, -0.2) is 0 Å². The van der Waals surface area contributed by atoms with Crippen LogP contribution in [0.15, 0.2) is 64.8 Å². The minimum Gasteiger partial charge on any atom is -0.497 e. The molecule has 2 aromatic carbocycles. The number of thioether (sulfide) groups is 1. The second-order valence-electron chi connectivity index (χ2n) is 6.21. The van der Waals surface area contributed by atoms with Crippen molar-refractivity contribution in [3.8, 4) is 5.75 Å². The Morgan fingerprint density at radius 2 is 1.89 bits per heavy atom. The Balaban J connectivity index is 1.77. The van der Waals surface area contributed by atoms with E-state index in [4.69, 9.17) is 4.74 Å². The molecule has 1 aliphatic heterocycles. The molecule has 0 saturated carbocycles. The minimum atomic E-state index is -0.0753. The van der Waals surface area contributed by atoms with Crippen LogP contribution >= 0.6 is 11.8 Å². The van der Waals surface area contributed by atoms with Gasteiger partial charge in [-0.2, -0.15) is 5.10 Å². The number of hydrogen-bond donors (Lipinski definition) is 0. The highest BCUT2D eigenvalue weighted by Crippen LogP contribution is 2.31. The van der Waals surface area contributed by atoms with E-state index in [1.54, 1.807) is 18.2 Å². The number of carbonyl (C=O) groups excluding carboxylic acids is 1. The molecule has 3 rings (SSSR count). The van der Waals surface area contributed by atoms with E-state index in [0.29, 0.717) is 11.7 Å². The third kappa shape index (κ3) is 4.98. The molecule has 0 radical (unpaired) electrons. The summed E-state index contributed by atoms with van der Waals surface area (Å²) >= 11 is 1.50. The topological polar surface area (TPSA) is 54.3 Å². The molecule has 1 amide bonds. The van der Waals surface area contributed by atoms with E-state index in [9.17, 15) is 4.79 Å². The lowest BCUT2D eigenvalue weighted by Crippen LogP contribution is -2.31. The fraction of sp³-hybridized carbons (Fsp3) is 0.286. The molecule has 140 valence electrons. The van der Waals surface area contributed by atoms with Crippen molar-refractivity contribution in [2.24, 2.45) is 10.2 Å². The van der Waals surface area contributed by atoms with Gasteiger partial charge in [0.05, 0.1) is 25.1 Å². The van der Waals surface area contributed by atoms with Gasteiger partial charge in [0.15, 0.2) is 5.17 Å². The number of rotatable bonds is 7. The van der Waals surface area contributed by atoms with Crippen molar-refractivity contribution in [2.45, 2.75) is 31.6 Å². The average molecular weight is 382 g/mol. The molecular weight excluding hydrogens is 358 g/mol. The van der Waals surface area contributed by atoms with E-state index in [-0.39, 0.29) is 11.2 Å². The van der Waals surface area contributed by atoms with Crippen LogP contribution in [0.4, 0.5) is 0 Å². The maximum absolute atomic E-state index is 12.8. The Bertz CT molecular complexity index is 819. The highest BCUT2D eigenvalue weighted by molar-refractivity contribution is 8.15. The first-order valence-electron chi connectivity index (χ1n) is 8.98. The highest BCUT2D eigenvalue weighted by Gasteiger charge is 2.37. The number of hydrogen-bond acceptors (Lipinski definition) is 5. The maximum Gasteiger partial charge on any atom is 0.242 e. The summed E-state index contributed by atoms with van der Waals surface area (Å²) < 4.78 is 5.15. The number of benzene rings is 2. The van der Waals surface area contributed by atoms with Crippen LogP contribution in [0.5, 0.6) is 5.75 Å². The Kier molecular flexibility index (Phi) is 6.65. The molecule has 1 saturated heterocycles. The molecule has 0 unspecified atom stereocenters. The predicted octanol–water partition coefficient (Wildman–Crippen LogP) is 4.33. The van der Waals surface area contributed by atoms with Gasteiger partial charge in [-0.15, -0.1) is 5.10 Å².